The molecule has 0 saturated heterocycles. The molecular formula is C15H18FN3O. The van der Waals surface area contributed by atoms with Gasteiger partial charge in [-0.15, -0.1) is 0 Å². The van der Waals surface area contributed by atoms with Crippen LogP contribution < -0.4 is 10.5 Å². The summed E-state index contributed by atoms with van der Waals surface area (Å²) in [6, 6.07) is 5.91. The van der Waals surface area contributed by atoms with E-state index in [0.717, 1.165) is 0 Å². The fourth-order valence-corrected chi connectivity index (χ4v) is 1.82. The summed E-state index contributed by atoms with van der Waals surface area (Å²) in [7, 11) is 1.53. The van der Waals surface area contributed by atoms with Crippen LogP contribution >= 0.6 is 0 Å². The van der Waals surface area contributed by atoms with Gasteiger partial charge in [0.2, 0.25) is 0 Å². The number of hydrogen-bond acceptors (Lipinski definition) is 4. The molecule has 2 aromatic rings. The Balaban J connectivity index is 2.64. The lowest BCUT2D eigenvalue weighted by molar-refractivity contribution is 0.415. The second-order valence-corrected chi connectivity index (χ2v) is 5.60. The van der Waals surface area contributed by atoms with Crippen LogP contribution in [0.15, 0.2) is 24.3 Å². The van der Waals surface area contributed by atoms with E-state index in [2.05, 4.69) is 9.97 Å². The van der Waals surface area contributed by atoms with Crippen LogP contribution in [0.2, 0.25) is 0 Å². The molecule has 0 unspecified atom stereocenters. The number of anilines is 1. The molecule has 5 heteroatoms. The Morgan fingerprint density at radius 2 is 1.85 bits per heavy atom. The highest BCUT2D eigenvalue weighted by molar-refractivity contribution is 5.69. The second kappa shape index (κ2) is 5.07. The van der Waals surface area contributed by atoms with E-state index in [1.165, 1.54) is 19.2 Å². The number of aromatic nitrogens is 2. The van der Waals surface area contributed by atoms with E-state index in [4.69, 9.17) is 10.5 Å². The molecule has 1 aromatic carbocycles. The number of ether oxygens (including phenoxy) is 1. The summed E-state index contributed by atoms with van der Waals surface area (Å²) in [6.45, 7) is 5.98. The van der Waals surface area contributed by atoms with Crippen LogP contribution in [0.5, 0.6) is 5.75 Å². The van der Waals surface area contributed by atoms with Crippen molar-refractivity contribution in [1.82, 2.24) is 9.97 Å². The third kappa shape index (κ3) is 2.87. The van der Waals surface area contributed by atoms with Crippen molar-refractivity contribution in [2.75, 3.05) is 12.8 Å². The predicted octanol–water partition coefficient (Wildman–Crippen LogP) is 3.17. The first-order chi connectivity index (χ1) is 9.31. The Hall–Kier alpha value is -2.17. The number of nitrogen functional groups attached to an aromatic ring is 1. The lowest BCUT2D eigenvalue weighted by Crippen LogP contribution is -2.17. The summed E-state index contributed by atoms with van der Waals surface area (Å²) < 4.78 is 18.7. The predicted molar refractivity (Wildman–Crippen MR) is 77.1 cm³/mol. The van der Waals surface area contributed by atoms with E-state index in [9.17, 15) is 4.39 Å². The van der Waals surface area contributed by atoms with E-state index in [-0.39, 0.29) is 11.2 Å². The summed E-state index contributed by atoms with van der Waals surface area (Å²) >= 11 is 0. The first-order valence-corrected chi connectivity index (χ1v) is 6.30. The van der Waals surface area contributed by atoms with Crippen molar-refractivity contribution in [3.63, 3.8) is 0 Å². The molecule has 0 radical (unpaired) electrons. The number of nitrogens with two attached hydrogens (primary N) is 1. The molecule has 0 aliphatic heterocycles. The maximum atomic E-state index is 13.5. The van der Waals surface area contributed by atoms with Crippen molar-refractivity contribution in [2.45, 2.75) is 26.2 Å². The average Bonchev–Trinajstić information content (AvgIpc) is 2.37. The van der Waals surface area contributed by atoms with Gasteiger partial charge in [0.1, 0.15) is 23.2 Å². The van der Waals surface area contributed by atoms with Crippen molar-refractivity contribution in [1.29, 1.82) is 0 Å². The number of benzene rings is 1. The fraction of sp³-hybridized carbons (Fsp3) is 0.333. The molecule has 4 nitrogen and oxygen atoms in total. The lowest BCUT2D eigenvalue weighted by Gasteiger charge is -2.18. The van der Waals surface area contributed by atoms with Gasteiger partial charge in [0.25, 0.3) is 0 Å². The third-order valence-corrected chi connectivity index (χ3v) is 2.85. The Bertz CT molecular complexity index is 636. The van der Waals surface area contributed by atoms with Gasteiger partial charge in [-0.25, -0.2) is 14.4 Å². The summed E-state index contributed by atoms with van der Waals surface area (Å²) in [5.74, 6) is 1.16. The Morgan fingerprint density at radius 1 is 1.15 bits per heavy atom. The number of hydrogen-bond donors (Lipinski definition) is 1. The molecule has 0 aliphatic carbocycles. The first-order valence-electron chi connectivity index (χ1n) is 6.30. The van der Waals surface area contributed by atoms with Crippen molar-refractivity contribution < 1.29 is 9.13 Å². The van der Waals surface area contributed by atoms with Gasteiger partial charge in [-0.1, -0.05) is 20.8 Å². The summed E-state index contributed by atoms with van der Waals surface area (Å²) in [6.07, 6.45) is 0. The maximum absolute atomic E-state index is 13.5. The van der Waals surface area contributed by atoms with Crippen molar-refractivity contribution in [3.8, 4) is 17.0 Å². The molecule has 0 atom stereocenters. The van der Waals surface area contributed by atoms with Gasteiger partial charge in [0.05, 0.1) is 12.8 Å². The number of nitrogens with zero attached hydrogens (tertiary/aromatic N) is 2. The van der Waals surface area contributed by atoms with Gasteiger partial charge >= 0.3 is 0 Å². The highest BCUT2D eigenvalue weighted by atomic mass is 19.1. The van der Waals surface area contributed by atoms with Crippen LogP contribution in [-0.2, 0) is 5.41 Å². The first kappa shape index (κ1) is 14.2. The quantitative estimate of drug-likeness (QED) is 0.914. The van der Waals surface area contributed by atoms with E-state index in [1.807, 2.05) is 20.8 Å². The molecule has 0 spiro atoms. The lowest BCUT2D eigenvalue weighted by atomic mass is 9.95. The third-order valence-electron chi connectivity index (χ3n) is 2.85. The maximum Gasteiger partial charge on any atom is 0.136 e. The Kier molecular flexibility index (Phi) is 3.61. The van der Waals surface area contributed by atoms with Crippen LogP contribution in [0, 0.1) is 5.82 Å². The Labute approximate surface area is 117 Å². The largest absolute Gasteiger partial charge is 0.496 e. The molecule has 0 aliphatic rings. The molecule has 0 fully saturated rings. The smallest absolute Gasteiger partial charge is 0.136 e. The van der Waals surface area contributed by atoms with Crippen molar-refractivity contribution in [3.05, 3.63) is 35.9 Å². The molecule has 1 heterocycles. The minimum Gasteiger partial charge on any atom is -0.496 e. The van der Waals surface area contributed by atoms with Gasteiger partial charge in [-0.3, -0.25) is 0 Å². The van der Waals surface area contributed by atoms with Gasteiger partial charge in [-0.2, -0.15) is 0 Å². The van der Waals surface area contributed by atoms with Crippen LogP contribution in [0.4, 0.5) is 10.2 Å². The minimum absolute atomic E-state index is 0.245. The SMILES string of the molecule is COc1ccc(F)cc1-c1cc(N)nc(C(C)(C)C)n1. The average molecular weight is 275 g/mol. The van der Waals surface area contributed by atoms with Crippen molar-refractivity contribution in [2.24, 2.45) is 0 Å². The highest BCUT2D eigenvalue weighted by Crippen LogP contribution is 2.31. The number of rotatable bonds is 2. The van der Waals surface area contributed by atoms with E-state index < -0.39 is 0 Å². The highest BCUT2D eigenvalue weighted by Gasteiger charge is 2.20. The standard InChI is InChI=1S/C15H18FN3O/c1-15(2,3)14-18-11(8-13(17)19-14)10-7-9(16)5-6-12(10)20-4/h5-8H,1-4H3,(H2,17,18,19). The zero-order valence-corrected chi connectivity index (χ0v) is 12.1. The monoisotopic (exact) mass is 275 g/mol. The molecule has 0 saturated carbocycles. The van der Waals surface area contributed by atoms with E-state index >= 15 is 0 Å². The Morgan fingerprint density at radius 3 is 2.45 bits per heavy atom. The zero-order chi connectivity index (χ0) is 14.9. The summed E-state index contributed by atoms with van der Waals surface area (Å²) in [5.41, 5.74) is 6.71. The van der Waals surface area contributed by atoms with Crippen molar-refractivity contribution >= 4 is 5.82 Å². The molecule has 106 valence electrons. The van der Waals surface area contributed by atoms with Gasteiger partial charge in [0.15, 0.2) is 0 Å². The van der Waals surface area contributed by atoms with Crippen LogP contribution in [0.3, 0.4) is 0 Å². The number of methoxy groups -OCH3 is 1. The molecule has 0 amide bonds. The molecular weight excluding hydrogens is 257 g/mol. The normalized spacial score (nSPS) is 11.4. The topological polar surface area (TPSA) is 61.0 Å². The van der Waals surface area contributed by atoms with Gasteiger partial charge in [-0.05, 0) is 18.2 Å². The summed E-state index contributed by atoms with van der Waals surface area (Å²) in [5, 5.41) is 0. The van der Waals surface area contributed by atoms with Gasteiger partial charge in [0, 0.05) is 17.0 Å². The van der Waals surface area contributed by atoms with Gasteiger partial charge < -0.3 is 10.5 Å². The minimum atomic E-state index is -0.352. The summed E-state index contributed by atoms with van der Waals surface area (Å²) in [4.78, 5) is 8.73. The van der Waals surface area contributed by atoms with Crippen LogP contribution in [0.25, 0.3) is 11.3 Å². The molecule has 1 aromatic heterocycles. The molecule has 0 bridgehead atoms. The van der Waals surface area contributed by atoms with Crippen LogP contribution in [0.1, 0.15) is 26.6 Å². The molecule has 2 rings (SSSR count). The second-order valence-electron chi connectivity index (χ2n) is 5.60. The van der Waals surface area contributed by atoms with Crippen LogP contribution in [-0.4, -0.2) is 17.1 Å². The molecule has 20 heavy (non-hydrogen) atoms. The van der Waals surface area contributed by atoms with E-state index in [0.29, 0.717) is 28.6 Å². The fourth-order valence-electron chi connectivity index (χ4n) is 1.82. The zero-order valence-electron chi connectivity index (χ0n) is 12.1. The van der Waals surface area contributed by atoms with E-state index in [1.54, 1.807) is 12.1 Å². The number of halogens is 1. The molecule has 2 N–H and O–H groups in total.